The van der Waals surface area contributed by atoms with Crippen molar-refractivity contribution in [3.63, 3.8) is 0 Å². The molecular weight excluding hydrogens is 414 g/mol. The number of carbonyl (C=O) groups is 2. The molecule has 162 valence electrons. The second-order valence-corrected chi connectivity index (χ2v) is 8.95. The molecule has 3 aromatic rings. The molecule has 31 heavy (non-hydrogen) atoms. The first-order valence-corrected chi connectivity index (χ1v) is 10.6. The van der Waals surface area contributed by atoms with Crippen molar-refractivity contribution >= 4 is 34.4 Å². The molecule has 1 heterocycles. The second-order valence-electron chi connectivity index (χ2n) is 8.51. The number of aromatic carboxylic acids is 1. The van der Waals surface area contributed by atoms with Crippen LogP contribution in [0.2, 0.25) is 5.02 Å². The summed E-state index contributed by atoms with van der Waals surface area (Å²) >= 11 is 6.04. The summed E-state index contributed by atoms with van der Waals surface area (Å²) in [7, 11) is 0. The van der Waals surface area contributed by atoms with Gasteiger partial charge in [0.05, 0.1) is 16.8 Å². The summed E-state index contributed by atoms with van der Waals surface area (Å²) in [5.41, 5.74) is 3.25. The van der Waals surface area contributed by atoms with Crippen LogP contribution in [0.1, 0.15) is 56.0 Å². The molecule has 0 radical (unpaired) electrons. The number of ether oxygens (including phenoxy) is 1. The third-order valence-corrected chi connectivity index (χ3v) is 5.01. The van der Waals surface area contributed by atoms with Crippen LogP contribution in [0.5, 0.6) is 0 Å². The fraction of sp³-hybridized carbons (Fsp3) is 0.320. The van der Waals surface area contributed by atoms with Crippen LogP contribution in [-0.2, 0) is 16.0 Å². The molecule has 0 unspecified atom stereocenters. The third kappa shape index (κ3) is 6.28. The molecule has 0 saturated carbocycles. The van der Waals surface area contributed by atoms with Crippen molar-refractivity contribution in [2.24, 2.45) is 0 Å². The van der Waals surface area contributed by atoms with Crippen LogP contribution in [-0.4, -0.2) is 27.6 Å². The Hall–Kier alpha value is -2.92. The molecule has 1 N–H and O–H groups in total. The van der Waals surface area contributed by atoms with E-state index in [1.807, 2.05) is 51.1 Å². The average molecular weight is 440 g/mol. The molecule has 0 atom stereocenters. The van der Waals surface area contributed by atoms with Crippen molar-refractivity contribution < 1.29 is 19.4 Å². The quantitative estimate of drug-likeness (QED) is 0.345. The van der Waals surface area contributed by atoms with Crippen molar-refractivity contribution in [3.8, 4) is 11.3 Å². The average Bonchev–Trinajstić information content (AvgIpc) is 2.69. The first-order valence-electron chi connectivity index (χ1n) is 10.3. The summed E-state index contributed by atoms with van der Waals surface area (Å²) in [6.07, 6.45) is 2.55. The maximum atomic E-state index is 12.0. The van der Waals surface area contributed by atoms with Crippen LogP contribution in [0.4, 0.5) is 0 Å². The molecule has 5 nitrogen and oxygen atoms in total. The normalized spacial score (nSPS) is 11.5. The molecular formula is C25H26ClNO4. The van der Waals surface area contributed by atoms with Crippen LogP contribution in [0.25, 0.3) is 22.2 Å². The summed E-state index contributed by atoms with van der Waals surface area (Å²) in [4.78, 5) is 28.1. The van der Waals surface area contributed by atoms with Crippen LogP contribution in [0.15, 0.2) is 48.5 Å². The lowest BCUT2D eigenvalue weighted by atomic mass is 9.98. The summed E-state index contributed by atoms with van der Waals surface area (Å²) in [6.45, 7) is 5.57. The number of pyridine rings is 1. The molecule has 0 bridgehead atoms. The van der Waals surface area contributed by atoms with Gasteiger partial charge < -0.3 is 9.84 Å². The Morgan fingerprint density at radius 2 is 1.74 bits per heavy atom. The zero-order valence-corrected chi connectivity index (χ0v) is 18.7. The van der Waals surface area contributed by atoms with Crippen LogP contribution in [0, 0.1) is 0 Å². The highest BCUT2D eigenvalue weighted by atomic mass is 35.5. The number of fused-ring (bicyclic) bond motifs is 1. The minimum Gasteiger partial charge on any atom is -0.478 e. The van der Waals surface area contributed by atoms with E-state index >= 15 is 0 Å². The SMILES string of the molecule is CC(C)(C)OC(=O)CCCCc1cc2cc(C(=O)O)ccc2nc1-c1ccc(Cl)cc1. The van der Waals surface area contributed by atoms with Gasteiger partial charge in [-0.1, -0.05) is 23.7 Å². The van der Waals surface area contributed by atoms with Gasteiger partial charge in [0.15, 0.2) is 0 Å². The van der Waals surface area contributed by atoms with E-state index in [9.17, 15) is 14.7 Å². The molecule has 0 saturated heterocycles. The number of hydrogen-bond donors (Lipinski definition) is 1. The van der Waals surface area contributed by atoms with Gasteiger partial charge in [-0.25, -0.2) is 9.78 Å². The summed E-state index contributed by atoms with van der Waals surface area (Å²) in [6, 6.07) is 14.4. The molecule has 1 aromatic heterocycles. The number of carbonyl (C=O) groups excluding carboxylic acids is 1. The van der Waals surface area contributed by atoms with Gasteiger partial charge in [0.25, 0.3) is 0 Å². The topological polar surface area (TPSA) is 76.5 Å². The third-order valence-electron chi connectivity index (χ3n) is 4.76. The number of benzene rings is 2. The summed E-state index contributed by atoms with van der Waals surface area (Å²) in [5.74, 6) is -1.17. The first-order chi connectivity index (χ1) is 14.6. The molecule has 2 aromatic carbocycles. The summed E-state index contributed by atoms with van der Waals surface area (Å²) < 4.78 is 5.37. The number of carboxylic acids is 1. The number of unbranched alkanes of at least 4 members (excludes halogenated alkanes) is 1. The zero-order valence-electron chi connectivity index (χ0n) is 17.9. The Kier molecular flexibility index (Phi) is 6.96. The Bertz CT molecular complexity index is 1100. The minimum atomic E-state index is -0.970. The Morgan fingerprint density at radius 3 is 2.39 bits per heavy atom. The van der Waals surface area contributed by atoms with E-state index in [0.29, 0.717) is 24.3 Å². The van der Waals surface area contributed by atoms with Crippen molar-refractivity contribution in [1.29, 1.82) is 0 Å². The van der Waals surface area contributed by atoms with E-state index in [0.717, 1.165) is 34.1 Å². The van der Waals surface area contributed by atoms with Gasteiger partial charge >= 0.3 is 11.9 Å². The van der Waals surface area contributed by atoms with Crippen LogP contribution >= 0.6 is 11.6 Å². The number of halogens is 1. The maximum absolute atomic E-state index is 12.0. The highest BCUT2D eigenvalue weighted by Gasteiger charge is 2.16. The fourth-order valence-electron chi connectivity index (χ4n) is 3.38. The van der Waals surface area contributed by atoms with Crippen molar-refractivity contribution in [1.82, 2.24) is 4.98 Å². The van der Waals surface area contributed by atoms with Crippen LogP contribution < -0.4 is 0 Å². The number of rotatable bonds is 7. The lowest BCUT2D eigenvalue weighted by molar-refractivity contribution is -0.154. The Morgan fingerprint density at radius 1 is 1.03 bits per heavy atom. The highest BCUT2D eigenvalue weighted by molar-refractivity contribution is 6.30. The highest BCUT2D eigenvalue weighted by Crippen LogP contribution is 2.29. The van der Waals surface area contributed by atoms with Gasteiger partial charge in [-0.15, -0.1) is 0 Å². The van der Waals surface area contributed by atoms with E-state index in [4.69, 9.17) is 21.3 Å². The number of nitrogens with zero attached hydrogens (tertiary/aromatic N) is 1. The van der Waals surface area contributed by atoms with Gasteiger partial charge in [0.1, 0.15) is 5.60 Å². The molecule has 0 aliphatic rings. The van der Waals surface area contributed by atoms with Crippen LogP contribution in [0.3, 0.4) is 0 Å². The number of aryl methyl sites for hydroxylation is 1. The van der Waals surface area contributed by atoms with Crippen molar-refractivity contribution in [2.45, 2.75) is 52.1 Å². The number of esters is 1. The Balaban J connectivity index is 1.85. The van der Waals surface area contributed by atoms with E-state index in [-0.39, 0.29) is 11.5 Å². The largest absolute Gasteiger partial charge is 0.478 e. The monoisotopic (exact) mass is 439 g/mol. The van der Waals surface area contributed by atoms with Gasteiger partial charge in [0, 0.05) is 22.4 Å². The van der Waals surface area contributed by atoms with E-state index in [1.54, 1.807) is 18.2 Å². The summed E-state index contributed by atoms with van der Waals surface area (Å²) in [5, 5.41) is 10.7. The molecule has 3 rings (SSSR count). The minimum absolute atomic E-state index is 0.201. The molecule has 6 heteroatoms. The fourth-order valence-corrected chi connectivity index (χ4v) is 3.50. The molecule has 0 aliphatic carbocycles. The molecule has 0 fully saturated rings. The number of hydrogen-bond acceptors (Lipinski definition) is 4. The molecule has 0 amide bonds. The van der Waals surface area contributed by atoms with Gasteiger partial charge in [-0.2, -0.15) is 0 Å². The molecule has 0 aliphatic heterocycles. The van der Waals surface area contributed by atoms with Gasteiger partial charge in [-0.3, -0.25) is 4.79 Å². The predicted octanol–water partition coefficient (Wildman–Crippen LogP) is 6.31. The van der Waals surface area contributed by atoms with Crippen molar-refractivity contribution in [3.05, 3.63) is 64.7 Å². The first kappa shape index (κ1) is 22.8. The van der Waals surface area contributed by atoms with E-state index in [2.05, 4.69) is 0 Å². The predicted molar refractivity (Wildman–Crippen MR) is 123 cm³/mol. The number of aromatic nitrogens is 1. The van der Waals surface area contributed by atoms with Gasteiger partial charge in [0.2, 0.25) is 0 Å². The standard InChI is InChI=1S/C25H26ClNO4/c1-25(2,3)31-22(28)7-5-4-6-17-14-19-15-18(24(29)30)10-13-21(19)27-23(17)16-8-11-20(26)12-9-16/h8-15H,4-7H2,1-3H3,(H,29,30). The second kappa shape index (κ2) is 9.48. The Labute approximate surface area is 187 Å². The van der Waals surface area contributed by atoms with Gasteiger partial charge in [-0.05, 0) is 82.0 Å². The number of carboxylic acid groups (broad SMARTS) is 1. The van der Waals surface area contributed by atoms with Crippen molar-refractivity contribution in [2.75, 3.05) is 0 Å². The van der Waals surface area contributed by atoms with E-state index in [1.165, 1.54) is 0 Å². The zero-order chi connectivity index (χ0) is 22.6. The maximum Gasteiger partial charge on any atom is 0.335 e. The lowest BCUT2D eigenvalue weighted by Crippen LogP contribution is -2.23. The molecule has 0 spiro atoms. The lowest BCUT2D eigenvalue weighted by Gasteiger charge is -2.19. The van der Waals surface area contributed by atoms with E-state index < -0.39 is 11.6 Å². The smallest absolute Gasteiger partial charge is 0.335 e.